The van der Waals surface area contributed by atoms with E-state index in [0.717, 1.165) is 16.9 Å². The summed E-state index contributed by atoms with van der Waals surface area (Å²) in [4.78, 5) is 33.4. The van der Waals surface area contributed by atoms with Crippen LogP contribution < -0.4 is 9.64 Å². The van der Waals surface area contributed by atoms with Gasteiger partial charge in [-0.1, -0.05) is 66.1 Å². The molecule has 0 aliphatic carbocycles. The van der Waals surface area contributed by atoms with E-state index in [1.807, 2.05) is 0 Å². The van der Waals surface area contributed by atoms with Crippen LogP contribution in [-0.2, 0) is 10.5 Å². The molecular weight excluding hydrogens is 572 g/mol. The van der Waals surface area contributed by atoms with Crippen molar-refractivity contribution in [2.75, 3.05) is 11.5 Å². The van der Waals surface area contributed by atoms with Gasteiger partial charge in [0.05, 0.1) is 21.2 Å². The monoisotopic (exact) mass is 594 g/mol. The molecule has 3 heterocycles. The van der Waals surface area contributed by atoms with Crippen molar-refractivity contribution in [3.05, 3.63) is 105 Å². The van der Waals surface area contributed by atoms with Crippen LogP contribution in [0.5, 0.6) is 5.75 Å². The summed E-state index contributed by atoms with van der Waals surface area (Å²) >= 11 is 3.74. The number of aliphatic hydroxyl groups is 1. The van der Waals surface area contributed by atoms with Crippen molar-refractivity contribution in [2.45, 2.75) is 30.0 Å². The quantitative estimate of drug-likeness (QED) is 0.0975. The molecule has 0 radical (unpaired) electrons. The fraction of sp³-hybridized carbons (Fsp3) is 0.179. The Balaban J connectivity index is 1.54. The minimum atomic E-state index is -1.02. The first-order valence-electron chi connectivity index (χ1n) is 12.1. The number of aromatic nitrogens is 3. The molecule has 8 nitrogen and oxygen atoms in total. The standard InChI is InChI=1S/C28H23FN4O4S3/c1-4-13-37-20-8-6-5-7-19(20)22-21(23(34)25-15(2)30-16(3)39-25)24(35)26(36)33(22)27-31-32-28(40-27)38-14-17-9-11-18(29)12-10-17/h4-12,22,35H,1,13-14H2,2-3H3. The third-order valence-corrected chi connectivity index (χ3v) is 9.21. The van der Waals surface area contributed by atoms with Gasteiger partial charge in [0.15, 0.2) is 10.1 Å². The number of hydrogen-bond acceptors (Lipinski definition) is 10. The second-order valence-electron chi connectivity index (χ2n) is 8.72. The fourth-order valence-corrected chi connectivity index (χ4v) is 6.96. The van der Waals surface area contributed by atoms with Crippen LogP contribution in [0.15, 0.2) is 76.9 Å². The van der Waals surface area contributed by atoms with Crippen LogP contribution >= 0.6 is 34.4 Å². The molecule has 4 aromatic rings. The topological polar surface area (TPSA) is 106 Å². The summed E-state index contributed by atoms with van der Waals surface area (Å²) in [5.41, 5.74) is 1.83. The Bertz CT molecular complexity index is 1630. The molecule has 204 valence electrons. The van der Waals surface area contributed by atoms with E-state index in [9.17, 15) is 19.1 Å². The van der Waals surface area contributed by atoms with E-state index >= 15 is 0 Å². The summed E-state index contributed by atoms with van der Waals surface area (Å²) in [5.74, 6) is -1.29. The van der Waals surface area contributed by atoms with Gasteiger partial charge in [-0.2, -0.15) is 0 Å². The highest BCUT2D eigenvalue weighted by atomic mass is 32.2. The van der Waals surface area contributed by atoms with Gasteiger partial charge in [-0.25, -0.2) is 9.37 Å². The van der Waals surface area contributed by atoms with Crippen molar-refractivity contribution in [3.8, 4) is 5.75 Å². The highest BCUT2D eigenvalue weighted by Gasteiger charge is 2.47. The molecule has 1 unspecified atom stereocenters. The first-order chi connectivity index (χ1) is 19.3. The predicted molar refractivity (Wildman–Crippen MR) is 154 cm³/mol. The lowest BCUT2D eigenvalue weighted by Crippen LogP contribution is -2.31. The molecule has 5 rings (SSSR count). The van der Waals surface area contributed by atoms with Gasteiger partial charge >= 0.3 is 0 Å². The van der Waals surface area contributed by atoms with Crippen LogP contribution in [0, 0.1) is 19.7 Å². The number of benzene rings is 2. The average Bonchev–Trinajstić information content (AvgIpc) is 3.62. The molecule has 0 bridgehead atoms. The van der Waals surface area contributed by atoms with E-state index in [1.165, 1.54) is 40.1 Å². The molecule has 0 spiro atoms. The number of hydrogen-bond donors (Lipinski definition) is 1. The molecule has 1 aliphatic rings. The van der Waals surface area contributed by atoms with Gasteiger partial charge in [0.25, 0.3) is 5.91 Å². The number of amides is 1. The number of ketones is 1. The smallest absolute Gasteiger partial charge is 0.296 e. The summed E-state index contributed by atoms with van der Waals surface area (Å²) in [6, 6.07) is 12.1. The van der Waals surface area contributed by atoms with Crippen LogP contribution in [-0.4, -0.2) is 38.6 Å². The van der Waals surface area contributed by atoms with Crippen molar-refractivity contribution in [2.24, 2.45) is 0 Å². The first kappa shape index (κ1) is 27.7. The van der Waals surface area contributed by atoms with Gasteiger partial charge in [0.2, 0.25) is 10.9 Å². The van der Waals surface area contributed by atoms with E-state index in [2.05, 4.69) is 21.8 Å². The minimum absolute atomic E-state index is 0.0814. The van der Waals surface area contributed by atoms with Crippen LogP contribution in [0.2, 0.25) is 0 Å². The Morgan fingerprint density at radius 3 is 2.62 bits per heavy atom. The Morgan fingerprint density at radius 1 is 1.18 bits per heavy atom. The highest BCUT2D eigenvalue weighted by Crippen LogP contribution is 2.46. The zero-order valence-electron chi connectivity index (χ0n) is 21.5. The minimum Gasteiger partial charge on any atom is -0.503 e. The van der Waals surface area contributed by atoms with E-state index < -0.39 is 23.5 Å². The molecule has 2 aromatic carbocycles. The number of thiazole rings is 1. The number of aryl methyl sites for hydroxylation is 2. The second-order valence-corrected chi connectivity index (χ2v) is 12.1. The highest BCUT2D eigenvalue weighted by molar-refractivity contribution is 8.00. The molecule has 1 atom stereocenters. The number of thioether (sulfide) groups is 1. The van der Waals surface area contributed by atoms with Gasteiger partial charge < -0.3 is 9.84 Å². The molecule has 40 heavy (non-hydrogen) atoms. The molecule has 0 fully saturated rings. The molecule has 1 amide bonds. The Labute approximate surface area is 241 Å². The summed E-state index contributed by atoms with van der Waals surface area (Å²) in [7, 11) is 0. The maximum absolute atomic E-state index is 13.9. The number of aliphatic hydroxyl groups excluding tert-OH is 1. The number of rotatable bonds is 10. The number of nitrogens with zero attached hydrogens (tertiary/aromatic N) is 4. The largest absolute Gasteiger partial charge is 0.503 e. The van der Waals surface area contributed by atoms with Gasteiger partial charge in [0, 0.05) is 11.3 Å². The lowest BCUT2D eigenvalue weighted by molar-refractivity contribution is -0.117. The summed E-state index contributed by atoms with van der Waals surface area (Å²) in [6.07, 6.45) is 1.59. The molecular formula is C28H23FN4O4S3. The Morgan fingerprint density at radius 2 is 1.93 bits per heavy atom. The number of carbonyl (C=O) groups excluding carboxylic acids is 2. The third-order valence-electron chi connectivity index (χ3n) is 6.01. The van der Waals surface area contributed by atoms with Crippen LogP contribution in [0.3, 0.4) is 0 Å². The second kappa shape index (κ2) is 11.7. The fourth-order valence-electron chi connectivity index (χ4n) is 4.26. The summed E-state index contributed by atoms with van der Waals surface area (Å²) in [5, 5.41) is 20.5. The number of para-hydroxylation sites is 1. The lowest BCUT2D eigenvalue weighted by Gasteiger charge is -2.25. The van der Waals surface area contributed by atoms with Crippen LogP contribution in [0.1, 0.15) is 37.5 Å². The Kier molecular flexibility index (Phi) is 8.10. The summed E-state index contributed by atoms with van der Waals surface area (Å²) in [6.45, 7) is 7.40. The number of halogens is 1. The molecule has 1 N–H and O–H groups in total. The SMILES string of the molecule is C=CCOc1ccccc1C1C(C(=O)c2sc(C)nc2C)=C(O)C(=O)N1c1nnc(SCc2ccc(F)cc2)s1. The zero-order chi connectivity index (χ0) is 28.4. The van der Waals surface area contributed by atoms with Crippen LogP contribution in [0.25, 0.3) is 0 Å². The molecule has 12 heteroatoms. The first-order valence-corrected chi connectivity index (χ1v) is 14.7. The number of Topliss-reactive ketones (excluding diaryl/α,β-unsaturated/α-hetero) is 1. The predicted octanol–water partition coefficient (Wildman–Crippen LogP) is 6.39. The maximum atomic E-state index is 13.9. The maximum Gasteiger partial charge on any atom is 0.296 e. The molecule has 0 saturated heterocycles. The number of anilines is 1. The van der Waals surface area contributed by atoms with E-state index in [-0.39, 0.29) is 23.1 Å². The molecule has 0 saturated carbocycles. The van der Waals surface area contributed by atoms with Crippen molar-refractivity contribution in [1.82, 2.24) is 15.2 Å². The average molecular weight is 595 g/mol. The van der Waals surface area contributed by atoms with E-state index in [1.54, 1.807) is 56.3 Å². The number of carbonyl (C=O) groups is 2. The number of ether oxygens (including phenoxy) is 1. The third kappa shape index (κ3) is 5.42. The van der Waals surface area contributed by atoms with Gasteiger partial charge in [0.1, 0.15) is 24.2 Å². The van der Waals surface area contributed by atoms with Crippen molar-refractivity contribution >= 4 is 51.3 Å². The van der Waals surface area contributed by atoms with Crippen molar-refractivity contribution in [3.63, 3.8) is 0 Å². The van der Waals surface area contributed by atoms with Crippen LogP contribution in [0.4, 0.5) is 9.52 Å². The van der Waals surface area contributed by atoms with Crippen molar-refractivity contribution < 1.29 is 23.8 Å². The van der Waals surface area contributed by atoms with Gasteiger partial charge in [-0.05, 0) is 37.6 Å². The lowest BCUT2D eigenvalue weighted by atomic mass is 9.94. The molecule has 2 aromatic heterocycles. The van der Waals surface area contributed by atoms with E-state index in [4.69, 9.17) is 4.74 Å². The Hall–Kier alpha value is -3.87. The molecule has 1 aliphatic heterocycles. The summed E-state index contributed by atoms with van der Waals surface area (Å²) < 4.78 is 19.7. The van der Waals surface area contributed by atoms with Gasteiger partial charge in [-0.3, -0.25) is 14.5 Å². The van der Waals surface area contributed by atoms with Gasteiger partial charge in [-0.15, -0.1) is 21.5 Å². The zero-order valence-corrected chi connectivity index (χ0v) is 23.9. The normalized spacial score (nSPS) is 15.1. The van der Waals surface area contributed by atoms with Crippen molar-refractivity contribution in [1.29, 1.82) is 0 Å². The van der Waals surface area contributed by atoms with E-state index in [0.29, 0.717) is 37.0 Å².